The first kappa shape index (κ1) is 18.7. The van der Waals surface area contributed by atoms with Crippen LogP contribution >= 0.6 is 0 Å². The molecule has 3 aromatic rings. The Kier molecular flexibility index (Phi) is 5.31. The van der Waals surface area contributed by atoms with E-state index >= 15 is 0 Å². The second kappa shape index (κ2) is 7.67. The van der Waals surface area contributed by atoms with Crippen LogP contribution in [0.15, 0.2) is 35.1 Å². The first-order valence-electron chi connectivity index (χ1n) is 8.45. The minimum atomic E-state index is -0.560. The van der Waals surface area contributed by atoms with Crippen molar-refractivity contribution in [3.63, 3.8) is 0 Å². The Morgan fingerprint density at radius 1 is 1.37 bits per heavy atom. The van der Waals surface area contributed by atoms with Crippen LogP contribution < -0.4 is 10.6 Å². The molecule has 0 bridgehead atoms. The Bertz CT molecular complexity index is 951. The lowest BCUT2D eigenvalue weighted by Crippen LogP contribution is -2.37. The van der Waals surface area contributed by atoms with Crippen molar-refractivity contribution in [3.8, 4) is 11.4 Å². The number of aromatic nitrogens is 4. The van der Waals surface area contributed by atoms with E-state index in [2.05, 4.69) is 25.9 Å². The molecule has 1 aromatic carbocycles. The lowest BCUT2D eigenvalue weighted by atomic mass is 10.1. The molecule has 2 unspecified atom stereocenters. The van der Waals surface area contributed by atoms with Crippen molar-refractivity contribution < 1.29 is 13.7 Å². The molecule has 3 rings (SSSR count). The molecule has 2 heterocycles. The van der Waals surface area contributed by atoms with Crippen molar-refractivity contribution >= 4 is 5.91 Å². The molecular formula is C18H21FN6O2. The molecule has 8 nitrogen and oxygen atoms in total. The fourth-order valence-corrected chi connectivity index (χ4v) is 2.66. The van der Waals surface area contributed by atoms with Gasteiger partial charge < -0.3 is 15.2 Å². The van der Waals surface area contributed by atoms with E-state index in [0.717, 1.165) is 5.56 Å². The van der Waals surface area contributed by atoms with Gasteiger partial charge in [-0.1, -0.05) is 17.3 Å². The molecule has 142 valence electrons. The molecule has 0 aliphatic heterocycles. The smallest absolute Gasteiger partial charge is 0.249 e. The van der Waals surface area contributed by atoms with Gasteiger partial charge in [-0.3, -0.25) is 9.48 Å². The highest BCUT2D eigenvalue weighted by molar-refractivity contribution is 5.83. The average Bonchev–Trinajstić information content (AvgIpc) is 3.27. The lowest BCUT2D eigenvalue weighted by molar-refractivity contribution is -0.124. The number of likely N-dealkylation sites (N-methyl/N-ethyl adjacent to an activating group) is 1. The highest BCUT2D eigenvalue weighted by atomic mass is 19.1. The van der Waals surface area contributed by atoms with Crippen LogP contribution in [0.2, 0.25) is 0 Å². The molecule has 0 saturated heterocycles. The number of hydrogen-bond donors (Lipinski definition) is 2. The predicted molar refractivity (Wildman–Crippen MR) is 96.0 cm³/mol. The Morgan fingerprint density at radius 2 is 2.15 bits per heavy atom. The molecular weight excluding hydrogens is 351 g/mol. The quantitative estimate of drug-likeness (QED) is 0.687. The van der Waals surface area contributed by atoms with E-state index in [4.69, 9.17) is 4.52 Å². The van der Waals surface area contributed by atoms with E-state index < -0.39 is 12.1 Å². The molecule has 2 atom stereocenters. The second-order valence-corrected chi connectivity index (χ2v) is 6.32. The molecule has 0 saturated carbocycles. The van der Waals surface area contributed by atoms with Gasteiger partial charge in [-0.15, -0.1) is 0 Å². The fourth-order valence-electron chi connectivity index (χ4n) is 2.66. The van der Waals surface area contributed by atoms with Gasteiger partial charge in [0.1, 0.15) is 17.9 Å². The maximum Gasteiger partial charge on any atom is 0.249 e. The minimum absolute atomic E-state index is 0.236. The molecule has 0 fully saturated rings. The van der Waals surface area contributed by atoms with Crippen molar-refractivity contribution in [1.29, 1.82) is 0 Å². The summed E-state index contributed by atoms with van der Waals surface area (Å²) in [6, 6.07) is 3.65. The molecule has 9 heteroatoms. The molecule has 27 heavy (non-hydrogen) atoms. The minimum Gasteiger partial charge on any atom is -0.343 e. The molecule has 0 spiro atoms. The van der Waals surface area contributed by atoms with Crippen LogP contribution in [0.25, 0.3) is 11.4 Å². The first-order chi connectivity index (χ1) is 12.9. The van der Waals surface area contributed by atoms with Gasteiger partial charge in [0.2, 0.25) is 17.6 Å². The van der Waals surface area contributed by atoms with Crippen molar-refractivity contribution in [2.45, 2.75) is 25.9 Å². The van der Waals surface area contributed by atoms with Gasteiger partial charge in [0.05, 0.1) is 6.20 Å². The van der Waals surface area contributed by atoms with Crippen LogP contribution in [0.3, 0.4) is 0 Å². The zero-order valence-electron chi connectivity index (χ0n) is 15.5. The van der Waals surface area contributed by atoms with Gasteiger partial charge in [-0.05, 0) is 32.5 Å². The maximum atomic E-state index is 13.7. The predicted octanol–water partition coefficient (Wildman–Crippen LogP) is 2.06. The largest absolute Gasteiger partial charge is 0.343 e. The van der Waals surface area contributed by atoms with Gasteiger partial charge in [-0.25, -0.2) is 4.39 Å². The van der Waals surface area contributed by atoms with Crippen LogP contribution in [-0.4, -0.2) is 32.9 Å². The van der Waals surface area contributed by atoms with Crippen LogP contribution in [-0.2, 0) is 11.8 Å². The first-order valence-corrected chi connectivity index (χ1v) is 8.45. The van der Waals surface area contributed by atoms with Crippen molar-refractivity contribution in [3.05, 3.63) is 53.4 Å². The number of carbonyl (C=O) groups excluding carboxylic acids is 1. The van der Waals surface area contributed by atoms with E-state index in [0.29, 0.717) is 11.1 Å². The lowest BCUT2D eigenvalue weighted by Gasteiger charge is -2.16. The summed E-state index contributed by atoms with van der Waals surface area (Å²) < 4.78 is 20.6. The summed E-state index contributed by atoms with van der Waals surface area (Å²) in [6.45, 7) is 3.42. The molecule has 0 aliphatic rings. The number of nitrogens with one attached hydrogen (secondary N) is 2. The van der Waals surface area contributed by atoms with Gasteiger partial charge in [0.15, 0.2) is 0 Å². The zero-order valence-corrected chi connectivity index (χ0v) is 15.5. The number of benzene rings is 1. The maximum absolute atomic E-state index is 13.7. The Balaban J connectivity index is 1.72. The van der Waals surface area contributed by atoms with Crippen LogP contribution in [0.1, 0.15) is 36.0 Å². The number of hydrogen-bond acceptors (Lipinski definition) is 6. The van der Waals surface area contributed by atoms with Crippen molar-refractivity contribution in [2.24, 2.45) is 7.05 Å². The van der Waals surface area contributed by atoms with E-state index in [-0.39, 0.29) is 23.4 Å². The van der Waals surface area contributed by atoms with Crippen LogP contribution in [0.5, 0.6) is 0 Å². The van der Waals surface area contributed by atoms with E-state index in [9.17, 15) is 9.18 Å². The number of amides is 1. The van der Waals surface area contributed by atoms with Gasteiger partial charge in [0.25, 0.3) is 0 Å². The highest BCUT2D eigenvalue weighted by Crippen LogP contribution is 2.21. The summed E-state index contributed by atoms with van der Waals surface area (Å²) in [7, 11) is 3.48. The summed E-state index contributed by atoms with van der Waals surface area (Å²) in [5, 5.41) is 13.7. The summed E-state index contributed by atoms with van der Waals surface area (Å²) in [5.41, 5.74) is 1.79. The van der Waals surface area contributed by atoms with Crippen molar-refractivity contribution in [2.75, 3.05) is 7.05 Å². The normalized spacial score (nSPS) is 13.4. The number of aryl methyl sites for hydroxylation is 2. The monoisotopic (exact) mass is 372 g/mol. The van der Waals surface area contributed by atoms with Gasteiger partial charge >= 0.3 is 0 Å². The SMILES string of the molecule is CNC(C(=O)NC(C)c1nc(-c2ccc(C)c(F)c2)no1)c1cnn(C)c1. The third kappa shape index (κ3) is 4.03. The molecule has 0 radical (unpaired) electrons. The Morgan fingerprint density at radius 3 is 2.78 bits per heavy atom. The van der Waals surface area contributed by atoms with Gasteiger partial charge in [0, 0.05) is 24.4 Å². The fraction of sp³-hybridized carbons (Fsp3) is 0.333. The molecule has 2 N–H and O–H groups in total. The number of nitrogens with zero attached hydrogens (tertiary/aromatic N) is 4. The summed E-state index contributed by atoms with van der Waals surface area (Å²) >= 11 is 0. The summed E-state index contributed by atoms with van der Waals surface area (Å²) in [5.74, 6) is -0.0875. The summed E-state index contributed by atoms with van der Waals surface area (Å²) in [6.07, 6.45) is 3.39. The Hall–Kier alpha value is -3.07. The van der Waals surface area contributed by atoms with Gasteiger partial charge in [-0.2, -0.15) is 10.1 Å². The second-order valence-electron chi connectivity index (χ2n) is 6.32. The molecule has 0 aliphatic carbocycles. The van der Waals surface area contributed by atoms with E-state index in [1.807, 2.05) is 0 Å². The standard InChI is InChI=1S/C18H21FN6O2/c1-10-5-6-12(7-14(10)19)16-23-18(27-24-16)11(2)22-17(26)15(20-3)13-8-21-25(4)9-13/h5-9,11,15,20H,1-4H3,(H,22,26). The third-order valence-electron chi connectivity index (χ3n) is 4.21. The Labute approximate surface area is 155 Å². The molecule has 2 aromatic heterocycles. The zero-order chi connectivity index (χ0) is 19.6. The third-order valence-corrected chi connectivity index (χ3v) is 4.21. The number of rotatable bonds is 6. The van der Waals surface area contributed by atoms with Crippen LogP contribution in [0.4, 0.5) is 4.39 Å². The number of carbonyl (C=O) groups is 1. The topological polar surface area (TPSA) is 97.9 Å². The number of halogens is 1. The van der Waals surface area contributed by atoms with Crippen LogP contribution in [0, 0.1) is 12.7 Å². The molecule has 1 amide bonds. The van der Waals surface area contributed by atoms with Crippen molar-refractivity contribution in [1.82, 2.24) is 30.6 Å². The van der Waals surface area contributed by atoms with E-state index in [1.54, 1.807) is 57.2 Å². The summed E-state index contributed by atoms with van der Waals surface area (Å²) in [4.78, 5) is 16.8. The average molecular weight is 372 g/mol. The highest BCUT2D eigenvalue weighted by Gasteiger charge is 2.24. The van der Waals surface area contributed by atoms with E-state index in [1.165, 1.54) is 6.07 Å².